The maximum Gasteiger partial charge on any atom is 0.231 e. The van der Waals surface area contributed by atoms with E-state index in [9.17, 15) is 0 Å². The maximum absolute atomic E-state index is 15.5. The average Bonchev–Trinajstić information content (AvgIpc) is 3.80. The number of carbonyl (C=O) groups is 1. The molecule has 6 aromatic rings. The summed E-state index contributed by atoms with van der Waals surface area (Å²) in [6, 6.07) is 49.4. The molecule has 8 rings (SSSR count). The van der Waals surface area contributed by atoms with Crippen LogP contribution in [-0.2, 0) is 0 Å². The van der Waals surface area contributed by atoms with Crippen LogP contribution in [0, 0.1) is 0 Å². The van der Waals surface area contributed by atoms with E-state index in [1.165, 1.54) is 0 Å². The summed E-state index contributed by atoms with van der Waals surface area (Å²) in [6.07, 6.45) is 0. The van der Waals surface area contributed by atoms with Gasteiger partial charge in [0.1, 0.15) is 0 Å². The van der Waals surface area contributed by atoms with Crippen LogP contribution in [0.4, 0.5) is 0 Å². The molecule has 0 aromatic heterocycles. The van der Waals surface area contributed by atoms with Crippen LogP contribution in [0.15, 0.2) is 146 Å². The van der Waals surface area contributed by atoms with E-state index >= 15 is 4.79 Å². The smallest absolute Gasteiger partial charge is 0.231 e. The minimum Gasteiger partial charge on any atom is -0.454 e. The normalized spacial score (nSPS) is 12.9. The Balaban J connectivity index is 1.39. The van der Waals surface area contributed by atoms with Gasteiger partial charge in [-0.25, -0.2) is 0 Å². The van der Waals surface area contributed by atoms with Crippen LogP contribution in [0.25, 0.3) is 0 Å². The molecule has 5 nitrogen and oxygen atoms in total. The number of carbonyl (C=O) groups excluding carboxylic acids is 1. The molecule has 6 aromatic carbocycles. The lowest BCUT2D eigenvalue weighted by Crippen LogP contribution is -2.30. The lowest BCUT2D eigenvalue weighted by molar-refractivity contribution is 0.103. The topological polar surface area (TPSA) is 54.0 Å². The number of fused-ring (bicyclic) bond motifs is 2. The molecule has 224 valence electrons. The van der Waals surface area contributed by atoms with Gasteiger partial charge >= 0.3 is 0 Å². The Morgan fingerprint density at radius 1 is 0.413 bits per heavy atom. The molecule has 46 heavy (non-hydrogen) atoms. The third-order valence-corrected chi connectivity index (χ3v) is 13.0. The van der Waals surface area contributed by atoms with Crippen LogP contribution in [-0.4, -0.2) is 19.4 Å². The highest BCUT2D eigenvalue weighted by Crippen LogP contribution is 2.47. The number of benzene rings is 6. The van der Waals surface area contributed by atoms with Crippen LogP contribution in [0.3, 0.4) is 0 Å². The quantitative estimate of drug-likeness (QED) is 0.154. The second-order valence-electron chi connectivity index (χ2n) is 10.7. The van der Waals surface area contributed by atoms with Gasteiger partial charge < -0.3 is 18.9 Å². The van der Waals surface area contributed by atoms with Crippen molar-refractivity contribution in [2.24, 2.45) is 0 Å². The molecule has 0 N–H and O–H groups in total. The molecule has 0 fully saturated rings. The van der Waals surface area contributed by atoms with E-state index in [1.54, 1.807) is 0 Å². The molecule has 2 aliphatic rings. The zero-order chi connectivity index (χ0) is 30.9. The first-order valence-corrected chi connectivity index (χ1v) is 17.7. The van der Waals surface area contributed by atoms with E-state index < -0.39 is 15.8 Å². The van der Waals surface area contributed by atoms with E-state index in [1.807, 2.05) is 97.1 Å². The third-order valence-electron chi connectivity index (χ3n) is 8.03. The van der Waals surface area contributed by atoms with Crippen molar-refractivity contribution in [1.82, 2.24) is 0 Å². The van der Waals surface area contributed by atoms with Crippen molar-refractivity contribution in [2.45, 2.75) is 0 Å². The predicted octanol–water partition coefficient (Wildman–Crippen LogP) is 5.89. The van der Waals surface area contributed by atoms with Crippen molar-refractivity contribution in [3.63, 3.8) is 0 Å². The van der Waals surface area contributed by atoms with Gasteiger partial charge in [-0.3, -0.25) is 4.79 Å². The SMILES string of the molecule is O=C(c1c(P(c2ccccc2)c2ccccc2)ccc2c1OCO2)c1c(P(c2ccccc2)c2ccccc2)ccc2c1OCO2. The van der Waals surface area contributed by atoms with Gasteiger partial charge in [0.15, 0.2) is 23.0 Å². The monoisotopic (exact) mass is 638 g/mol. The van der Waals surface area contributed by atoms with E-state index in [0.717, 1.165) is 31.8 Å². The zero-order valence-corrected chi connectivity index (χ0v) is 26.5. The fourth-order valence-electron chi connectivity index (χ4n) is 6.02. The van der Waals surface area contributed by atoms with E-state index in [4.69, 9.17) is 18.9 Å². The van der Waals surface area contributed by atoms with Crippen LogP contribution in [0.1, 0.15) is 15.9 Å². The molecule has 0 unspecified atom stereocenters. The Labute approximate surface area is 269 Å². The van der Waals surface area contributed by atoms with Gasteiger partial charge in [0.25, 0.3) is 0 Å². The summed E-state index contributed by atoms with van der Waals surface area (Å²) in [4.78, 5) is 15.5. The van der Waals surface area contributed by atoms with E-state index in [0.29, 0.717) is 34.1 Å². The summed E-state index contributed by atoms with van der Waals surface area (Å²) in [5, 5.41) is 6.31. The first kappa shape index (κ1) is 28.5. The fraction of sp³-hybridized carbons (Fsp3) is 0.0513. The second kappa shape index (κ2) is 12.4. The summed E-state index contributed by atoms with van der Waals surface area (Å²) in [5.41, 5.74) is 0.991. The van der Waals surface area contributed by atoms with Crippen molar-refractivity contribution in [3.8, 4) is 23.0 Å². The molecule has 0 saturated carbocycles. The van der Waals surface area contributed by atoms with Crippen molar-refractivity contribution in [1.29, 1.82) is 0 Å². The molecular formula is C39H28O5P2. The summed E-state index contributed by atoms with van der Waals surface area (Å²) >= 11 is 0. The van der Waals surface area contributed by atoms with E-state index in [-0.39, 0.29) is 19.4 Å². The van der Waals surface area contributed by atoms with E-state index in [2.05, 4.69) is 48.5 Å². The molecule has 0 radical (unpaired) electrons. The largest absolute Gasteiger partial charge is 0.454 e. The molecule has 0 bridgehead atoms. The van der Waals surface area contributed by atoms with Crippen molar-refractivity contribution in [3.05, 3.63) is 157 Å². The first-order valence-electron chi connectivity index (χ1n) is 15.0. The Kier molecular flexibility index (Phi) is 7.72. The highest BCUT2D eigenvalue weighted by atomic mass is 31.1. The Morgan fingerprint density at radius 3 is 1.07 bits per heavy atom. The first-order chi connectivity index (χ1) is 22.8. The van der Waals surface area contributed by atoms with Crippen molar-refractivity contribution >= 4 is 53.5 Å². The molecule has 2 aliphatic heterocycles. The van der Waals surface area contributed by atoms with Gasteiger partial charge in [0, 0.05) is 10.6 Å². The zero-order valence-electron chi connectivity index (χ0n) is 24.7. The van der Waals surface area contributed by atoms with Gasteiger partial charge in [0.05, 0.1) is 11.1 Å². The molecule has 0 spiro atoms. The molecule has 0 atom stereocenters. The summed E-state index contributed by atoms with van der Waals surface area (Å²) < 4.78 is 24.0. The standard InChI is InChI=1S/C39H28O5P2/c40-37(35-33(23-21-31-38(35)43-25-41-31)45(27-13-5-1-6-14-27)28-15-7-2-8-16-28)36-34(24-22-32-39(36)44-26-42-32)46(29-17-9-3-10-18-29)30-19-11-4-12-20-30/h1-24H,25-26H2. The molecule has 0 saturated heterocycles. The minimum absolute atomic E-state index is 0.0494. The summed E-state index contributed by atoms with van der Waals surface area (Å²) in [5.74, 6) is 1.88. The summed E-state index contributed by atoms with van der Waals surface area (Å²) in [7, 11) is -2.28. The highest BCUT2D eigenvalue weighted by molar-refractivity contribution is 7.80. The number of ketones is 1. The molecule has 0 amide bonds. The van der Waals surface area contributed by atoms with Crippen LogP contribution < -0.4 is 50.8 Å². The Bertz CT molecular complexity index is 1790. The molecule has 2 heterocycles. The van der Waals surface area contributed by atoms with Crippen LogP contribution in [0.2, 0.25) is 0 Å². The summed E-state index contributed by atoms with van der Waals surface area (Å²) in [6.45, 7) is 0.0988. The lowest BCUT2D eigenvalue weighted by Gasteiger charge is -2.25. The van der Waals surface area contributed by atoms with Gasteiger partial charge in [0.2, 0.25) is 19.4 Å². The Morgan fingerprint density at radius 2 is 0.739 bits per heavy atom. The van der Waals surface area contributed by atoms with Crippen molar-refractivity contribution < 1.29 is 23.7 Å². The fourth-order valence-corrected chi connectivity index (χ4v) is 10.9. The maximum atomic E-state index is 15.5. The molecular weight excluding hydrogens is 610 g/mol. The van der Waals surface area contributed by atoms with Gasteiger partial charge in [-0.05, 0) is 61.3 Å². The lowest BCUT2D eigenvalue weighted by atomic mass is 10.0. The van der Waals surface area contributed by atoms with Gasteiger partial charge in [-0.2, -0.15) is 0 Å². The number of hydrogen-bond acceptors (Lipinski definition) is 5. The molecule has 0 aliphatic carbocycles. The van der Waals surface area contributed by atoms with Crippen LogP contribution >= 0.6 is 15.8 Å². The number of rotatable bonds is 8. The number of ether oxygens (including phenoxy) is 4. The van der Waals surface area contributed by atoms with Gasteiger partial charge in [-0.15, -0.1) is 0 Å². The minimum atomic E-state index is -1.14. The Hall–Kier alpha value is -4.95. The highest BCUT2D eigenvalue weighted by Gasteiger charge is 2.37. The molecule has 7 heteroatoms. The van der Waals surface area contributed by atoms with Crippen molar-refractivity contribution in [2.75, 3.05) is 13.6 Å². The van der Waals surface area contributed by atoms with Crippen LogP contribution in [0.5, 0.6) is 23.0 Å². The number of hydrogen-bond donors (Lipinski definition) is 0. The third kappa shape index (κ3) is 5.12. The average molecular weight is 639 g/mol. The predicted molar refractivity (Wildman–Crippen MR) is 186 cm³/mol. The second-order valence-corrected chi connectivity index (χ2v) is 15.1. The van der Waals surface area contributed by atoms with Gasteiger partial charge in [-0.1, -0.05) is 121 Å².